The molecule has 3 amide bonds. The Bertz CT molecular complexity index is 1190. The number of hydrogen-bond acceptors (Lipinski definition) is 7. The summed E-state index contributed by atoms with van der Waals surface area (Å²) in [5.41, 5.74) is 2.59. The monoisotopic (exact) mass is 490 g/mol. The molecule has 0 radical (unpaired) electrons. The molecule has 3 aliphatic heterocycles. The number of anilines is 1. The molecule has 11 heteroatoms. The van der Waals surface area contributed by atoms with Crippen LogP contribution < -0.4 is 5.32 Å². The summed E-state index contributed by atoms with van der Waals surface area (Å²) in [5, 5.41) is 19.4. The Labute approximate surface area is 209 Å². The fourth-order valence-electron chi connectivity index (χ4n) is 4.71. The van der Waals surface area contributed by atoms with Crippen molar-refractivity contribution in [3.63, 3.8) is 0 Å². The number of fused-ring (bicyclic) bond motifs is 1. The molecule has 0 unspecified atom stereocenters. The lowest BCUT2D eigenvalue weighted by atomic mass is 10.0. The van der Waals surface area contributed by atoms with Crippen molar-refractivity contribution in [3.8, 4) is 0 Å². The van der Waals surface area contributed by atoms with Crippen LogP contribution in [-0.2, 0) is 17.7 Å². The number of piperidine rings is 1. The summed E-state index contributed by atoms with van der Waals surface area (Å²) >= 11 is 0. The van der Waals surface area contributed by atoms with E-state index in [1.54, 1.807) is 35.4 Å². The summed E-state index contributed by atoms with van der Waals surface area (Å²) in [6, 6.07) is 6.84. The SMILES string of the molecule is N=C1CCCCN1C(=N)c1cccc(NC(=O)c2cc3c(cn2)CCN(C(=O)N2CCOCC2)C3)n1. The Balaban J connectivity index is 1.26. The number of ether oxygens (including phenoxy) is 1. The van der Waals surface area contributed by atoms with Crippen LogP contribution in [-0.4, -0.2) is 87.7 Å². The second kappa shape index (κ2) is 10.4. The molecule has 2 aromatic heterocycles. The normalized spacial score (nSPS) is 18.0. The Hall–Kier alpha value is -3.86. The Morgan fingerprint density at radius 1 is 0.972 bits per heavy atom. The molecule has 5 heterocycles. The number of morpholine rings is 1. The first kappa shape index (κ1) is 23.9. The molecule has 188 valence electrons. The molecule has 3 N–H and O–H groups in total. The number of pyridine rings is 2. The zero-order valence-corrected chi connectivity index (χ0v) is 20.1. The topological polar surface area (TPSA) is 139 Å². The molecule has 3 aliphatic rings. The zero-order chi connectivity index (χ0) is 25.1. The molecule has 0 spiro atoms. The first-order chi connectivity index (χ1) is 17.5. The zero-order valence-electron chi connectivity index (χ0n) is 20.1. The number of nitrogens with one attached hydrogen (secondary N) is 3. The summed E-state index contributed by atoms with van der Waals surface area (Å²) in [7, 11) is 0. The second-order valence-electron chi connectivity index (χ2n) is 9.16. The van der Waals surface area contributed by atoms with E-state index in [1.165, 1.54) is 0 Å². The van der Waals surface area contributed by atoms with Crippen LogP contribution in [0.25, 0.3) is 0 Å². The third kappa shape index (κ3) is 5.06. The maximum absolute atomic E-state index is 13.0. The van der Waals surface area contributed by atoms with Crippen LogP contribution >= 0.6 is 0 Å². The van der Waals surface area contributed by atoms with E-state index in [1.807, 2.05) is 9.80 Å². The van der Waals surface area contributed by atoms with Gasteiger partial charge < -0.3 is 24.8 Å². The average Bonchev–Trinajstić information content (AvgIpc) is 2.92. The maximum atomic E-state index is 13.0. The van der Waals surface area contributed by atoms with Crippen LogP contribution in [0.4, 0.5) is 10.6 Å². The molecule has 0 aromatic carbocycles. The van der Waals surface area contributed by atoms with Crippen LogP contribution in [0.3, 0.4) is 0 Å². The van der Waals surface area contributed by atoms with Crippen molar-refractivity contribution in [2.45, 2.75) is 32.2 Å². The highest BCUT2D eigenvalue weighted by atomic mass is 16.5. The van der Waals surface area contributed by atoms with E-state index in [9.17, 15) is 9.59 Å². The number of carbonyl (C=O) groups excluding carboxylic acids is 2. The number of rotatable bonds is 3. The van der Waals surface area contributed by atoms with E-state index in [2.05, 4.69) is 15.3 Å². The van der Waals surface area contributed by atoms with Gasteiger partial charge in [-0.3, -0.25) is 20.6 Å². The highest BCUT2D eigenvalue weighted by Gasteiger charge is 2.27. The summed E-state index contributed by atoms with van der Waals surface area (Å²) < 4.78 is 5.35. The third-order valence-electron chi connectivity index (χ3n) is 6.75. The van der Waals surface area contributed by atoms with Gasteiger partial charge in [0.15, 0.2) is 5.84 Å². The largest absolute Gasteiger partial charge is 0.378 e. The van der Waals surface area contributed by atoms with Gasteiger partial charge in [0, 0.05) is 45.3 Å². The highest BCUT2D eigenvalue weighted by molar-refractivity contribution is 6.07. The predicted octanol–water partition coefficient (Wildman–Crippen LogP) is 2.33. The van der Waals surface area contributed by atoms with Gasteiger partial charge in [0.05, 0.1) is 13.2 Å². The number of aromatic nitrogens is 2. The standard InChI is InChI=1S/C25H30N8O3/c26-21-5-1-2-8-33(21)23(27)19-4-3-6-22(29-19)30-24(34)20-14-18-16-32(9-7-17(18)15-28-20)25(35)31-10-12-36-13-11-31/h3-4,6,14-15,26-27H,1-2,5,7-13,16H2,(H,29,30,34). The van der Waals surface area contributed by atoms with Crippen molar-refractivity contribution in [1.29, 1.82) is 10.8 Å². The van der Waals surface area contributed by atoms with Gasteiger partial charge in [0.25, 0.3) is 5.91 Å². The molecule has 2 aromatic rings. The molecular weight excluding hydrogens is 460 g/mol. The minimum atomic E-state index is -0.406. The number of hydrogen-bond donors (Lipinski definition) is 3. The van der Waals surface area contributed by atoms with E-state index < -0.39 is 5.91 Å². The number of urea groups is 1. The highest BCUT2D eigenvalue weighted by Crippen LogP contribution is 2.21. The second-order valence-corrected chi connectivity index (χ2v) is 9.16. The van der Waals surface area contributed by atoms with Gasteiger partial charge in [-0.2, -0.15) is 0 Å². The van der Waals surface area contributed by atoms with Crippen molar-refractivity contribution in [1.82, 2.24) is 24.7 Å². The van der Waals surface area contributed by atoms with Crippen molar-refractivity contribution in [2.24, 2.45) is 0 Å². The smallest absolute Gasteiger partial charge is 0.320 e. The molecule has 0 atom stereocenters. The Morgan fingerprint density at radius 2 is 1.81 bits per heavy atom. The van der Waals surface area contributed by atoms with Gasteiger partial charge in [0.2, 0.25) is 0 Å². The fraction of sp³-hybridized carbons (Fsp3) is 0.440. The van der Waals surface area contributed by atoms with Gasteiger partial charge in [0.1, 0.15) is 23.0 Å². The molecule has 0 bridgehead atoms. The van der Waals surface area contributed by atoms with Gasteiger partial charge in [-0.15, -0.1) is 0 Å². The minimum absolute atomic E-state index is 0.00276. The first-order valence-electron chi connectivity index (χ1n) is 12.3. The molecule has 36 heavy (non-hydrogen) atoms. The number of amidine groups is 2. The Morgan fingerprint density at radius 3 is 2.61 bits per heavy atom. The minimum Gasteiger partial charge on any atom is -0.378 e. The fourth-order valence-corrected chi connectivity index (χ4v) is 4.71. The van der Waals surface area contributed by atoms with E-state index in [0.717, 1.165) is 24.0 Å². The van der Waals surface area contributed by atoms with Gasteiger partial charge in [-0.05, 0) is 48.6 Å². The number of likely N-dealkylation sites (tertiary alicyclic amines) is 1. The van der Waals surface area contributed by atoms with Gasteiger partial charge in [-0.25, -0.2) is 9.78 Å². The molecular formula is C25H30N8O3. The summed E-state index contributed by atoms with van der Waals surface area (Å²) in [4.78, 5) is 39.9. The molecule has 0 aliphatic carbocycles. The lowest BCUT2D eigenvalue weighted by molar-refractivity contribution is 0.0421. The summed E-state index contributed by atoms with van der Waals surface area (Å²) in [5.74, 6) is 0.486. The third-order valence-corrected chi connectivity index (χ3v) is 6.75. The lowest BCUT2D eigenvalue weighted by Gasteiger charge is -2.35. The summed E-state index contributed by atoms with van der Waals surface area (Å²) in [6.45, 7) is 3.97. The lowest BCUT2D eigenvalue weighted by Crippen LogP contribution is -2.49. The Kier molecular flexibility index (Phi) is 6.90. The maximum Gasteiger partial charge on any atom is 0.320 e. The van der Waals surface area contributed by atoms with Crippen molar-refractivity contribution in [2.75, 3.05) is 44.7 Å². The van der Waals surface area contributed by atoms with Crippen molar-refractivity contribution in [3.05, 3.63) is 53.0 Å². The molecule has 2 fully saturated rings. The number of nitrogens with zero attached hydrogens (tertiary/aromatic N) is 5. The predicted molar refractivity (Wildman–Crippen MR) is 133 cm³/mol. The van der Waals surface area contributed by atoms with E-state index in [-0.39, 0.29) is 17.6 Å². The molecule has 0 saturated carbocycles. The van der Waals surface area contributed by atoms with Crippen molar-refractivity contribution < 1.29 is 14.3 Å². The van der Waals surface area contributed by atoms with E-state index in [0.29, 0.717) is 76.1 Å². The van der Waals surface area contributed by atoms with Crippen LogP contribution in [0.1, 0.15) is 46.6 Å². The molecule has 11 nitrogen and oxygen atoms in total. The van der Waals surface area contributed by atoms with Crippen LogP contribution in [0.2, 0.25) is 0 Å². The van der Waals surface area contributed by atoms with Crippen LogP contribution in [0, 0.1) is 10.8 Å². The van der Waals surface area contributed by atoms with E-state index >= 15 is 0 Å². The molecule has 5 rings (SSSR count). The van der Waals surface area contributed by atoms with Crippen LogP contribution in [0.5, 0.6) is 0 Å². The summed E-state index contributed by atoms with van der Waals surface area (Å²) in [6.07, 6.45) is 4.94. The van der Waals surface area contributed by atoms with Gasteiger partial charge in [-0.1, -0.05) is 6.07 Å². The average molecular weight is 491 g/mol. The quantitative estimate of drug-likeness (QED) is 0.446. The number of amides is 3. The van der Waals surface area contributed by atoms with Crippen molar-refractivity contribution >= 4 is 29.4 Å². The van der Waals surface area contributed by atoms with Gasteiger partial charge >= 0.3 is 6.03 Å². The molecule has 2 saturated heterocycles. The first-order valence-corrected chi connectivity index (χ1v) is 12.3. The van der Waals surface area contributed by atoms with Crippen LogP contribution in [0.15, 0.2) is 30.5 Å². The van der Waals surface area contributed by atoms with E-state index in [4.69, 9.17) is 15.6 Å². The number of carbonyl (C=O) groups is 2.